The molecule has 4 heteroatoms. The van der Waals surface area contributed by atoms with Crippen LogP contribution in [-0.2, 0) is 0 Å². The van der Waals surface area contributed by atoms with Crippen molar-refractivity contribution in [3.63, 3.8) is 0 Å². The number of rotatable bonds is 5. The van der Waals surface area contributed by atoms with E-state index >= 15 is 0 Å². The van der Waals surface area contributed by atoms with E-state index < -0.39 is 0 Å². The molecular formula is C11H16N2OS. The van der Waals surface area contributed by atoms with Crippen LogP contribution in [0.4, 0.5) is 0 Å². The van der Waals surface area contributed by atoms with Gasteiger partial charge in [0.15, 0.2) is 0 Å². The first-order valence-corrected chi connectivity index (χ1v) is 5.38. The number of hydrogen-bond donors (Lipinski definition) is 1. The molecule has 0 saturated heterocycles. The Labute approximate surface area is 95.7 Å². The van der Waals surface area contributed by atoms with Gasteiger partial charge in [0.1, 0.15) is 10.7 Å². The summed E-state index contributed by atoms with van der Waals surface area (Å²) < 4.78 is 5.58. The summed E-state index contributed by atoms with van der Waals surface area (Å²) in [5.74, 6) is 1.29. The fourth-order valence-electron chi connectivity index (χ4n) is 1.10. The highest BCUT2D eigenvalue weighted by Crippen LogP contribution is 2.16. The maximum Gasteiger partial charge on any atom is 0.147 e. The normalized spacial score (nSPS) is 10.3. The average Bonchev–Trinajstić information content (AvgIpc) is 2.17. The first kappa shape index (κ1) is 11.9. The van der Waals surface area contributed by atoms with E-state index in [1.54, 1.807) is 18.5 Å². The minimum absolute atomic E-state index is 0.344. The highest BCUT2D eigenvalue weighted by molar-refractivity contribution is 7.80. The number of nitrogens with two attached hydrogens (primary N) is 1. The van der Waals surface area contributed by atoms with Crippen molar-refractivity contribution in [2.24, 2.45) is 11.7 Å². The quantitative estimate of drug-likeness (QED) is 0.778. The summed E-state index contributed by atoms with van der Waals surface area (Å²) in [4.78, 5) is 4.33. The van der Waals surface area contributed by atoms with Crippen molar-refractivity contribution in [2.75, 3.05) is 6.61 Å². The molecule has 0 fully saturated rings. The maximum absolute atomic E-state index is 5.58. The van der Waals surface area contributed by atoms with Crippen molar-refractivity contribution in [1.82, 2.24) is 4.98 Å². The van der Waals surface area contributed by atoms with Gasteiger partial charge < -0.3 is 10.5 Å². The van der Waals surface area contributed by atoms with Gasteiger partial charge in [0, 0.05) is 6.20 Å². The molecule has 1 heterocycles. The molecular weight excluding hydrogens is 208 g/mol. The third-order valence-corrected chi connectivity index (χ3v) is 2.22. The summed E-state index contributed by atoms with van der Waals surface area (Å²) in [6.07, 6.45) is 4.31. The van der Waals surface area contributed by atoms with E-state index in [4.69, 9.17) is 22.7 Å². The van der Waals surface area contributed by atoms with Gasteiger partial charge in [0.2, 0.25) is 0 Å². The molecule has 2 N–H and O–H groups in total. The molecule has 3 nitrogen and oxygen atoms in total. The lowest BCUT2D eigenvalue weighted by Crippen LogP contribution is -2.12. The Hall–Kier alpha value is -1.16. The zero-order valence-corrected chi connectivity index (χ0v) is 9.88. The summed E-state index contributed by atoms with van der Waals surface area (Å²) in [6, 6.07) is 1.77. The molecule has 0 saturated carbocycles. The van der Waals surface area contributed by atoms with E-state index in [0.717, 1.165) is 12.0 Å². The first-order chi connectivity index (χ1) is 7.11. The van der Waals surface area contributed by atoms with Gasteiger partial charge in [-0.05, 0) is 18.4 Å². The molecule has 0 aliphatic carbocycles. The Kier molecular flexibility index (Phi) is 4.49. The van der Waals surface area contributed by atoms with Crippen LogP contribution < -0.4 is 10.5 Å². The maximum atomic E-state index is 5.58. The van der Waals surface area contributed by atoms with Gasteiger partial charge in [-0.2, -0.15) is 0 Å². The zero-order valence-electron chi connectivity index (χ0n) is 9.06. The molecule has 1 aromatic rings. The summed E-state index contributed by atoms with van der Waals surface area (Å²) in [5.41, 5.74) is 6.32. The van der Waals surface area contributed by atoms with Crippen LogP contribution in [-0.4, -0.2) is 16.6 Å². The molecule has 0 aromatic carbocycles. The number of ether oxygens (including phenoxy) is 1. The highest BCUT2D eigenvalue weighted by atomic mass is 32.1. The topological polar surface area (TPSA) is 48.1 Å². The molecule has 0 unspecified atom stereocenters. The number of nitrogens with zero attached hydrogens (tertiary/aromatic N) is 1. The van der Waals surface area contributed by atoms with E-state index in [1.807, 2.05) is 0 Å². The van der Waals surface area contributed by atoms with Crippen LogP contribution in [0.15, 0.2) is 18.5 Å². The second kappa shape index (κ2) is 5.66. The standard InChI is InChI=1S/C11H16N2OS/c1-8(2)4-6-14-10-7-13-5-3-9(10)11(12)15/h3,5,7-8H,4,6H2,1-2H3,(H2,12,15). The third-order valence-electron chi connectivity index (χ3n) is 2.00. The van der Waals surface area contributed by atoms with Crippen LogP contribution in [0.25, 0.3) is 0 Å². The van der Waals surface area contributed by atoms with Crippen molar-refractivity contribution < 1.29 is 4.74 Å². The average molecular weight is 224 g/mol. The van der Waals surface area contributed by atoms with Gasteiger partial charge in [-0.1, -0.05) is 26.1 Å². The largest absolute Gasteiger partial charge is 0.491 e. The number of thiocarbonyl (C=S) groups is 1. The monoisotopic (exact) mass is 224 g/mol. The molecule has 0 spiro atoms. The predicted octanol–water partition coefficient (Wildman–Crippen LogP) is 2.14. The molecule has 0 bridgehead atoms. The summed E-state index contributed by atoms with van der Waals surface area (Å²) in [6.45, 7) is 4.97. The lowest BCUT2D eigenvalue weighted by molar-refractivity contribution is 0.288. The van der Waals surface area contributed by atoms with Gasteiger partial charge in [0.05, 0.1) is 18.4 Å². The zero-order chi connectivity index (χ0) is 11.3. The second-order valence-electron chi connectivity index (χ2n) is 3.77. The smallest absolute Gasteiger partial charge is 0.147 e. The van der Waals surface area contributed by atoms with E-state index in [1.165, 1.54) is 0 Å². The second-order valence-corrected chi connectivity index (χ2v) is 4.21. The molecule has 0 aliphatic heterocycles. The fraction of sp³-hybridized carbons (Fsp3) is 0.455. The Balaban J connectivity index is 2.63. The van der Waals surface area contributed by atoms with Crippen molar-refractivity contribution in [3.8, 4) is 5.75 Å². The van der Waals surface area contributed by atoms with Crippen LogP contribution in [0, 0.1) is 5.92 Å². The van der Waals surface area contributed by atoms with Crippen LogP contribution in [0.2, 0.25) is 0 Å². The van der Waals surface area contributed by atoms with Crippen molar-refractivity contribution in [2.45, 2.75) is 20.3 Å². The fourth-order valence-corrected chi connectivity index (χ4v) is 1.27. The number of pyridine rings is 1. The number of aromatic nitrogens is 1. The Morgan fingerprint density at radius 3 is 2.93 bits per heavy atom. The number of hydrogen-bond acceptors (Lipinski definition) is 3. The van der Waals surface area contributed by atoms with Crippen LogP contribution >= 0.6 is 12.2 Å². The molecule has 82 valence electrons. The Morgan fingerprint density at radius 2 is 2.33 bits per heavy atom. The minimum Gasteiger partial charge on any atom is -0.491 e. The molecule has 0 aliphatic rings. The van der Waals surface area contributed by atoms with E-state index in [2.05, 4.69) is 18.8 Å². The van der Waals surface area contributed by atoms with Gasteiger partial charge in [-0.25, -0.2) is 0 Å². The molecule has 15 heavy (non-hydrogen) atoms. The highest BCUT2D eigenvalue weighted by Gasteiger charge is 2.05. The molecule has 1 aromatic heterocycles. The molecule has 1 rings (SSSR count). The molecule has 0 amide bonds. The van der Waals surface area contributed by atoms with Crippen LogP contribution in [0.3, 0.4) is 0 Å². The first-order valence-electron chi connectivity index (χ1n) is 4.98. The van der Waals surface area contributed by atoms with E-state index in [0.29, 0.717) is 23.3 Å². The predicted molar refractivity (Wildman–Crippen MR) is 65.1 cm³/mol. The SMILES string of the molecule is CC(C)CCOc1cnccc1C(N)=S. The van der Waals surface area contributed by atoms with Gasteiger partial charge in [0.25, 0.3) is 0 Å². The van der Waals surface area contributed by atoms with E-state index in [9.17, 15) is 0 Å². The van der Waals surface area contributed by atoms with Gasteiger partial charge >= 0.3 is 0 Å². The van der Waals surface area contributed by atoms with Gasteiger partial charge in [-0.15, -0.1) is 0 Å². The summed E-state index contributed by atoms with van der Waals surface area (Å²) in [5, 5.41) is 0. The lowest BCUT2D eigenvalue weighted by atomic mass is 10.1. The Bertz CT molecular complexity index is 339. The van der Waals surface area contributed by atoms with Crippen LogP contribution in [0.1, 0.15) is 25.8 Å². The molecule has 0 radical (unpaired) electrons. The van der Waals surface area contributed by atoms with Gasteiger partial charge in [-0.3, -0.25) is 4.98 Å². The van der Waals surface area contributed by atoms with Crippen molar-refractivity contribution in [3.05, 3.63) is 24.0 Å². The van der Waals surface area contributed by atoms with Crippen molar-refractivity contribution >= 4 is 17.2 Å². The summed E-state index contributed by atoms with van der Waals surface area (Å²) >= 11 is 4.92. The van der Waals surface area contributed by atoms with Crippen LogP contribution in [0.5, 0.6) is 5.75 Å². The van der Waals surface area contributed by atoms with E-state index in [-0.39, 0.29) is 0 Å². The molecule has 0 atom stereocenters. The lowest BCUT2D eigenvalue weighted by Gasteiger charge is -2.10. The minimum atomic E-state index is 0.344. The Morgan fingerprint density at radius 1 is 1.60 bits per heavy atom. The summed E-state index contributed by atoms with van der Waals surface area (Å²) in [7, 11) is 0. The van der Waals surface area contributed by atoms with Crippen molar-refractivity contribution in [1.29, 1.82) is 0 Å². The third kappa shape index (κ3) is 3.83.